The molecule has 1 saturated heterocycles. The second-order valence-corrected chi connectivity index (χ2v) is 9.95. The molecule has 1 heterocycles. The summed E-state index contributed by atoms with van der Waals surface area (Å²) in [6.07, 6.45) is -4.45. The van der Waals surface area contributed by atoms with Gasteiger partial charge < -0.3 is 4.90 Å². The van der Waals surface area contributed by atoms with E-state index in [1.54, 1.807) is 11.0 Å². The van der Waals surface area contributed by atoms with Gasteiger partial charge in [-0.1, -0.05) is 6.07 Å². The summed E-state index contributed by atoms with van der Waals surface area (Å²) in [5.74, 6) is 0. The highest BCUT2D eigenvalue weighted by Gasteiger charge is 2.32. The second kappa shape index (κ2) is 7.59. The van der Waals surface area contributed by atoms with Crippen molar-refractivity contribution in [3.63, 3.8) is 0 Å². The highest BCUT2D eigenvalue weighted by Crippen LogP contribution is 2.32. The molecule has 7 nitrogen and oxygen atoms in total. The van der Waals surface area contributed by atoms with Crippen LogP contribution in [0, 0.1) is 0 Å². The number of hydrogen-bond donors (Lipinski definition) is 1. The number of nitrogens with zero attached hydrogens (tertiary/aromatic N) is 2. The van der Waals surface area contributed by atoms with Crippen molar-refractivity contribution in [2.75, 3.05) is 31.1 Å². The maximum Gasteiger partial charge on any atom is 0.416 e. The van der Waals surface area contributed by atoms with Gasteiger partial charge in [0.1, 0.15) is 0 Å². The van der Waals surface area contributed by atoms with Crippen LogP contribution in [0.3, 0.4) is 0 Å². The molecule has 12 heteroatoms. The summed E-state index contributed by atoms with van der Waals surface area (Å²) in [6, 6.07) is 9.43. The maximum atomic E-state index is 12.9. The van der Waals surface area contributed by atoms with Gasteiger partial charge in [-0.2, -0.15) is 17.5 Å². The molecule has 2 N–H and O–H groups in total. The van der Waals surface area contributed by atoms with Gasteiger partial charge in [-0.05, 0) is 42.5 Å². The molecule has 0 unspecified atom stereocenters. The van der Waals surface area contributed by atoms with E-state index in [1.807, 2.05) is 0 Å². The Balaban J connectivity index is 1.73. The Kier molecular flexibility index (Phi) is 5.64. The molecule has 1 aliphatic rings. The molecule has 0 saturated carbocycles. The molecule has 0 amide bonds. The molecular weight excluding hydrogens is 431 g/mol. The highest BCUT2D eigenvalue weighted by atomic mass is 32.2. The molecule has 0 bridgehead atoms. The number of sulfonamides is 2. The van der Waals surface area contributed by atoms with Gasteiger partial charge in [-0.25, -0.2) is 22.0 Å². The lowest BCUT2D eigenvalue weighted by Crippen LogP contribution is -2.48. The van der Waals surface area contributed by atoms with Crippen molar-refractivity contribution in [3.8, 4) is 0 Å². The van der Waals surface area contributed by atoms with E-state index < -0.39 is 31.8 Å². The van der Waals surface area contributed by atoms with Gasteiger partial charge in [0, 0.05) is 31.9 Å². The lowest BCUT2D eigenvalue weighted by molar-refractivity contribution is -0.137. The zero-order chi connectivity index (χ0) is 21.4. The van der Waals surface area contributed by atoms with Crippen LogP contribution in [0.25, 0.3) is 0 Å². The van der Waals surface area contributed by atoms with Gasteiger partial charge >= 0.3 is 6.18 Å². The number of alkyl halides is 3. The number of piperazine rings is 1. The summed E-state index contributed by atoms with van der Waals surface area (Å²) in [5.41, 5.74) is -0.394. The third kappa shape index (κ3) is 4.71. The number of primary sulfonamides is 1. The van der Waals surface area contributed by atoms with Crippen molar-refractivity contribution < 1.29 is 30.0 Å². The maximum absolute atomic E-state index is 12.9. The van der Waals surface area contributed by atoms with E-state index in [9.17, 15) is 30.0 Å². The molecule has 1 fully saturated rings. The fourth-order valence-corrected chi connectivity index (χ4v) is 4.95. The Labute approximate surface area is 166 Å². The molecule has 158 valence electrons. The van der Waals surface area contributed by atoms with E-state index in [2.05, 4.69) is 0 Å². The average molecular weight is 449 g/mol. The highest BCUT2D eigenvalue weighted by molar-refractivity contribution is 7.89. The molecule has 0 aromatic heterocycles. The molecule has 0 aliphatic carbocycles. The minimum atomic E-state index is -4.45. The first-order valence-electron chi connectivity index (χ1n) is 8.44. The van der Waals surface area contributed by atoms with Crippen LogP contribution in [0.5, 0.6) is 0 Å². The Hall–Kier alpha value is -2.15. The molecular formula is C17H18F3N3O4S2. The fraction of sp³-hybridized carbons (Fsp3) is 0.294. The molecule has 0 atom stereocenters. The third-order valence-corrected chi connectivity index (χ3v) is 7.41. The van der Waals surface area contributed by atoms with Gasteiger partial charge in [-0.15, -0.1) is 0 Å². The van der Waals surface area contributed by atoms with Crippen LogP contribution in [0.15, 0.2) is 58.3 Å². The van der Waals surface area contributed by atoms with E-state index in [1.165, 1.54) is 10.4 Å². The van der Waals surface area contributed by atoms with Crippen molar-refractivity contribution in [1.29, 1.82) is 0 Å². The molecule has 1 aliphatic heterocycles. The smallest absolute Gasteiger partial charge is 0.369 e. The Bertz CT molecular complexity index is 1090. The predicted molar refractivity (Wildman–Crippen MR) is 100 cm³/mol. The molecule has 0 radical (unpaired) electrons. The number of nitrogens with two attached hydrogens (primary N) is 1. The van der Waals surface area contributed by atoms with Gasteiger partial charge in [-0.3, -0.25) is 0 Å². The number of benzene rings is 2. The third-order valence-electron chi connectivity index (χ3n) is 4.57. The van der Waals surface area contributed by atoms with E-state index in [4.69, 9.17) is 5.14 Å². The van der Waals surface area contributed by atoms with Crippen molar-refractivity contribution in [2.24, 2.45) is 5.14 Å². The SMILES string of the molecule is NS(=O)(=O)c1ccc(S(=O)(=O)N2CCN(c3cccc(C(F)(F)F)c3)CC2)cc1. The standard InChI is InChI=1S/C17H18F3N3O4S2/c18-17(19,20)13-2-1-3-14(12-13)22-8-10-23(11-9-22)29(26,27)16-6-4-15(5-7-16)28(21,24)25/h1-7,12H,8-11H2,(H2,21,24,25). The van der Waals surface area contributed by atoms with Crippen LogP contribution in [0.2, 0.25) is 0 Å². The molecule has 0 spiro atoms. The summed E-state index contributed by atoms with van der Waals surface area (Å²) in [5, 5.41) is 5.00. The van der Waals surface area contributed by atoms with E-state index in [-0.39, 0.29) is 36.0 Å². The zero-order valence-corrected chi connectivity index (χ0v) is 16.6. The van der Waals surface area contributed by atoms with Crippen molar-refractivity contribution in [1.82, 2.24) is 4.31 Å². The first-order chi connectivity index (χ1) is 13.4. The van der Waals surface area contributed by atoms with Gasteiger partial charge in [0.05, 0.1) is 15.4 Å². The number of halogens is 3. The van der Waals surface area contributed by atoms with Gasteiger partial charge in [0.2, 0.25) is 20.0 Å². The first kappa shape index (κ1) is 21.6. The molecule has 2 aromatic rings. The van der Waals surface area contributed by atoms with E-state index in [0.29, 0.717) is 5.69 Å². The zero-order valence-electron chi connectivity index (χ0n) is 15.0. The van der Waals surface area contributed by atoms with E-state index in [0.717, 1.165) is 36.4 Å². The lowest BCUT2D eigenvalue weighted by atomic mass is 10.1. The monoisotopic (exact) mass is 449 g/mol. The minimum Gasteiger partial charge on any atom is -0.369 e. The first-order valence-corrected chi connectivity index (χ1v) is 11.4. The molecule has 2 aromatic carbocycles. The normalized spacial score (nSPS) is 16.8. The molecule has 29 heavy (non-hydrogen) atoms. The van der Waals surface area contributed by atoms with E-state index >= 15 is 0 Å². The summed E-state index contributed by atoms with van der Waals surface area (Å²) in [7, 11) is -7.81. The lowest BCUT2D eigenvalue weighted by Gasteiger charge is -2.35. The molecule has 3 rings (SSSR count). The summed E-state index contributed by atoms with van der Waals surface area (Å²) in [6.45, 7) is 0.594. The topological polar surface area (TPSA) is 101 Å². The van der Waals surface area contributed by atoms with Crippen molar-refractivity contribution >= 4 is 25.7 Å². The Morgan fingerprint density at radius 2 is 1.38 bits per heavy atom. The number of rotatable bonds is 4. The van der Waals surface area contributed by atoms with Crippen molar-refractivity contribution in [2.45, 2.75) is 16.0 Å². The van der Waals surface area contributed by atoms with Crippen molar-refractivity contribution in [3.05, 3.63) is 54.1 Å². The van der Waals surface area contributed by atoms with Crippen LogP contribution in [-0.2, 0) is 26.2 Å². The van der Waals surface area contributed by atoms with Crippen LogP contribution in [0.4, 0.5) is 18.9 Å². The second-order valence-electron chi connectivity index (χ2n) is 6.46. The van der Waals surface area contributed by atoms with Gasteiger partial charge in [0.25, 0.3) is 0 Å². The summed E-state index contributed by atoms with van der Waals surface area (Å²) < 4.78 is 88.0. The Morgan fingerprint density at radius 1 is 0.828 bits per heavy atom. The quantitative estimate of drug-likeness (QED) is 0.768. The van der Waals surface area contributed by atoms with Crippen LogP contribution in [0.1, 0.15) is 5.56 Å². The fourth-order valence-electron chi connectivity index (χ4n) is 3.02. The minimum absolute atomic E-state index is 0.0789. The summed E-state index contributed by atoms with van der Waals surface area (Å²) in [4.78, 5) is 1.40. The van der Waals surface area contributed by atoms with Gasteiger partial charge in [0.15, 0.2) is 0 Å². The number of hydrogen-bond acceptors (Lipinski definition) is 5. The largest absolute Gasteiger partial charge is 0.416 e. The van der Waals surface area contributed by atoms with Crippen LogP contribution < -0.4 is 10.0 Å². The van der Waals surface area contributed by atoms with Crippen LogP contribution >= 0.6 is 0 Å². The summed E-state index contributed by atoms with van der Waals surface area (Å²) >= 11 is 0. The predicted octanol–water partition coefficient (Wildman–Crippen LogP) is 1.86. The average Bonchev–Trinajstić information content (AvgIpc) is 2.67. The number of anilines is 1. The van der Waals surface area contributed by atoms with Crippen LogP contribution in [-0.4, -0.2) is 47.3 Å². The Morgan fingerprint density at radius 3 is 1.90 bits per heavy atom.